The highest BCUT2D eigenvalue weighted by molar-refractivity contribution is 5.81. The maximum atomic E-state index is 12.0. The molecule has 1 heterocycles. The topological polar surface area (TPSA) is 98.7 Å². The smallest absolute Gasteiger partial charge is 0.315 e. The molecule has 7 heteroatoms. The highest BCUT2D eigenvalue weighted by atomic mass is 16.4. The third kappa shape index (κ3) is 5.61. The van der Waals surface area contributed by atoms with Gasteiger partial charge in [-0.1, -0.05) is 30.3 Å². The molecule has 1 aliphatic rings. The molecule has 0 aromatic heterocycles. The average molecular weight is 319 g/mol. The second-order valence-electron chi connectivity index (χ2n) is 5.56. The number of rotatable bonds is 7. The summed E-state index contributed by atoms with van der Waals surface area (Å²) in [7, 11) is 0. The van der Waals surface area contributed by atoms with Gasteiger partial charge < -0.3 is 20.6 Å². The van der Waals surface area contributed by atoms with Gasteiger partial charge in [0.2, 0.25) is 5.91 Å². The quantitative estimate of drug-likeness (QED) is 0.652. The van der Waals surface area contributed by atoms with Gasteiger partial charge in [-0.05, 0) is 12.0 Å². The number of amides is 3. The number of nitrogens with zero attached hydrogens (tertiary/aromatic N) is 1. The zero-order valence-electron chi connectivity index (χ0n) is 12.8. The van der Waals surface area contributed by atoms with Crippen molar-refractivity contribution in [1.82, 2.24) is 15.5 Å². The lowest BCUT2D eigenvalue weighted by Crippen LogP contribution is -2.43. The molecule has 0 spiro atoms. The standard InChI is InChI=1S/C16H21N3O4/c20-14-9-13(18-16(23)17-8-4-7-15(21)22)11-19(14)10-12-5-2-1-3-6-12/h1-3,5-6,13H,4,7-11H2,(H,21,22)(H2,17,18,23). The Labute approximate surface area is 134 Å². The predicted octanol–water partition coefficient (Wildman–Crippen LogP) is 0.951. The van der Waals surface area contributed by atoms with Crippen molar-refractivity contribution in [1.29, 1.82) is 0 Å². The lowest BCUT2D eigenvalue weighted by atomic mass is 10.2. The molecular formula is C16H21N3O4. The third-order valence-corrected chi connectivity index (χ3v) is 3.62. The minimum Gasteiger partial charge on any atom is -0.481 e. The summed E-state index contributed by atoms with van der Waals surface area (Å²) in [6, 6.07) is 9.12. The lowest BCUT2D eigenvalue weighted by molar-refractivity contribution is -0.137. The molecule has 0 radical (unpaired) electrons. The molecule has 0 aliphatic carbocycles. The Hall–Kier alpha value is -2.57. The van der Waals surface area contributed by atoms with Crippen LogP contribution in [0.15, 0.2) is 30.3 Å². The minimum atomic E-state index is -0.884. The maximum absolute atomic E-state index is 12.0. The van der Waals surface area contributed by atoms with E-state index in [-0.39, 0.29) is 30.8 Å². The van der Waals surface area contributed by atoms with Gasteiger partial charge in [-0.3, -0.25) is 9.59 Å². The Morgan fingerprint density at radius 3 is 2.70 bits per heavy atom. The number of aliphatic carboxylic acids is 1. The number of carboxylic acids is 1. The molecule has 0 saturated carbocycles. The van der Waals surface area contributed by atoms with Crippen molar-refractivity contribution in [3.05, 3.63) is 35.9 Å². The van der Waals surface area contributed by atoms with Gasteiger partial charge in [-0.25, -0.2) is 4.79 Å². The van der Waals surface area contributed by atoms with E-state index < -0.39 is 5.97 Å². The largest absolute Gasteiger partial charge is 0.481 e. The fourth-order valence-electron chi connectivity index (χ4n) is 2.50. The summed E-state index contributed by atoms with van der Waals surface area (Å²) in [4.78, 5) is 35.8. The van der Waals surface area contributed by atoms with E-state index in [9.17, 15) is 14.4 Å². The fraction of sp³-hybridized carbons (Fsp3) is 0.438. The van der Waals surface area contributed by atoms with Crippen molar-refractivity contribution in [3.8, 4) is 0 Å². The Kier molecular flexibility index (Phi) is 5.96. The van der Waals surface area contributed by atoms with Crippen molar-refractivity contribution in [2.24, 2.45) is 0 Å². The van der Waals surface area contributed by atoms with Crippen molar-refractivity contribution in [3.63, 3.8) is 0 Å². The summed E-state index contributed by atoms with van der Waals surface area (Å²) >= 11 is 0. The van der Waals surface area contributed by atoms with Gasteiger partial charge in [0.25, 0.3) is 0 Å². The van der Waals surface area contributed by atoms with E-state index in [1.54, 1.807) is 4.90 Å². The highest BCUT2D eigenvalue weighted by Gasteiger charge is 2.30. The average Bonchev–Trinajstić information content (AvgIpc) is 2.84. The number of hydrogen-bond donors (Lipinski definition) is 3. The van der Waals surface area contributed by atoms with Crippen molar-refractivity contribution in [2.45, 2.75) is 31.8 Å². The van der Waals surface area contributed by atoms with Crippen LogP contribution in [0.3, 0.4) is 0 Å². The molecule has 1 atom stereocenters. The summed E-state index contributed by atoms with van der Waals surface area (Å²) in [5.74, 6) is -0.866. The van der Waals surface area contributed by atoms with E-state index in [0.29, 0.717) is 26.1 Å². The van der Waals surface area contributed by atoms with Crippen molar-refractivity contribution in [2.75, 3.05) is 13.1 Å². The van der Waals surface area contributed by atoms with Crippen LogP contribution < -0.4 is 10.6 Å². The highest BCUT2D eigenvalue weighted by Crippen LogP contribution is 2.14. The molecule has 124 valence electrons. The number of nitrogens with one attached hydrogen (secondary N) is 2. The molecule has 1 aromatic carbocycles. The van der Waals surface area contributed by atoms with Crippen LogP contribution in [-0.2, 0) is 16.1 Å². The minimum absolute atomic E-state index is 0.0185. The van der Waals surface area contributed by atoms with E-state index >= 15 is 0 Å². The van der Waals surface area contributed by atoms with E-state index in [1.165, 1.54) is 0 Å². The van der Waals surface area contributed by atoms with Crippen LogP contribution in [0.5, 0.6) is 0 Å². The molecule has 2 rings (SSSR count). The number of hydrogen-bond acceptors (Lipinski definition) is 3. The number of benzene rings is 1. The summed E-state index contributed by atoms with van der Waals surface area (Å²) in [6.45, 7) is 1.32. The van der Waals surface area contributed by atoms with Gasteiger partial charge in [0.15, 0.2) is 0 Å². The van der Waals surface area contributed by atoms with Gasteiger partial charge >= 0.3 is 12.0 Å². The monoisotopic (exact) mass is 319 g/mol. The van der Waals surface area contributed by atoms with Gasteiger partial charge in [0.05, 0.1) is 6.04 Å². The first-order chi connectivity index (χ1) is 11.0. The SMILES string of the molecule is O=C(O)CCCNC(=O)NC1CC(=O)N(Cc2ccccc2)C1. The Morgan fingerprint density at radius 2 is 2.00 bits per heavy atom. The first kappa shape index (κ1) is 16.8. The molecule has 1 unspecified atom stereocenters. The Bertz CT molecular complexity index is 562. The maximum Gasteiger partial charge on any atom is 0.315 e. The van der Waals surface area contributed by atoms with E-state index in [4.69, 9.17) is 5.11 Å². The van der Waals surface area contributed by atoms with Gasteiger partial charge in [0.1, 0.15) is 0 Å². The second-order valence-corrected chi connectivity index (χ2v) is 5.56. The summed E-state index contributed by atoms with van der Waals surface area (Å²) in [6.07, 6.45) is 0.689. The van der Waals surface area contributed by atoms with Gasteiger partial charge in [-0.15, -0.1) is 0 Å². The second kappa shape index (κ2) is 8.17. The van der Waals surface area contributed by atoms with E-state index in [2.05, 4.69) is 10.6 Å². The third-order valence-electron chi connectivity index (χ3n) is 3.62. The van der Waals surface area contributed by atoms with Crippen LogP contribution >= 0.6 is 0 Å². The Morgan fingerprint density at radius 1 is 1.26 bits per heavy atom. The number of urea groups is 1. The fourth-order valence-corrected chi connectivity index (χ4v) is 2.50. The first-order valence-electron chi connectivity index (χ1n) is 7.62. The zero-order valence-corrected chi connectivity index (χ0v) is 12.8. The molecule has 1 fully saturated rings. The molecule has 3 N–H and O–H groups in total. The van der Waals surface area contributed by atoms with E-state index in [1.807, 2.05) is 30.3 Å². The number of likely N-dealkylation sites (tertiary alicyclic amines) is 1. The van der Waals surface area contributed by atoms with Gasteiger partial charge in [-0.2, -0.15) is 0 Å². The van der Waals surface area contributed by atoms with E-state index in [0.717, 1.165) is 5.56 Å². The molecule has 1 saturated heterocycles. The number of carboxylic acid groups (broad SMARTS) is 1. The lowest BCUT2D eigenvalue weighted by Gasteiger charge is -2.17. The molecular weight excluding hydrogens is 298 g/mol. The zero-order chi connectivity index (χ0) is 16.7. The predicted molar refractivity (Wildman–Crippen MR) is 83.7 cm³/mol. The molecule has 1 aliphatic heterocycles. The number of carbonyl (C=O) groups excluding carboxylic acids is 2. The van der Waals surface area contributed by atoms with Crippen LogP contribution in [0.2, 0.25) is 0 Å². The van der Waals surface area contributed by atoms with Crippen LogP contribution in [0.1, 0.15) is 24.8 Å². The molecule has 3 amide bonds. The number of carbonyl (C=O) groups is 3. The van der Waals surface area contributed by atoms with Crippen LogP contribution in [0.25, 0.3) is 0 Å². The summed E-state index contributed by atoms with van der Waals surface area (Å²) in [5, 5.41) is 13.9. The molecule has 23 heavy (non-hydrogen) atoms. The van der Waals surface area contributed by atoms with Crippen LogP contribution in [-0.4, -0.2) is 47.0 Å². The van der Waals surface area contributed by atoms with Crippen molar-refractivity contribution < 1.29 is 19.5 Å². The Balaban J connectivity index is 1.72. The molecule has 1 aromatic rings. The normalized spacial score (nSPS) is 17.1. The molecule has 0 bridgehead atoms. The summed E-state index contributed by atoms with van der Waals surface area (Å²) in [5.41, 5.74) is 1.06. The van der Waals surface area contributed by atoms with Gasteiger partial charge in [0, 0.05) is 32.5 Å². The molecule has 7 nitrogen and oxygen atoms in total. The summed E-state index contributed by atoms with van der Waals surface area (Å²) < 4.78 is 0. The van der Waals surface area contributed by atoms with Crippen molar-refractivity contribution >= 4 is 17.9 Å². The van der Waals surface area contributed by atoms with Crippen LogP contribution in [0.4, 0.5) is 4.79 Å². The van der Waals surface area contributed by atoms with Crippen LogP contribution in [0, 0.1) is 0 Å². The first-order valence-corrected chi connectivity index (χ1v) is 7.62.